The van der Waals surface area contributed by atoms with E-state index in [0.717, 1.165) is 0 Å². The number of para-hydroxylation sites is 1. The molecule has 0 unspecified atom stereocenters. The minimum atomic E-state index is -1.27. The van der Waals surface area contributed by atoms with Crippen LogP contribution in [0.5, 0.6) is 11.5 Å². The number of nitrogens with one attached hydrogen (secondary N) is 1. The zero-order chi connectivity index (χ0) is 13.5. The predicted molar refractivity (Wildman–Crippen MR) is 60.7 cm³/mol. The van der Waals surface area contributed by atoms with Crippen molar-refractivity contribution in [3.8, 4) is 11.5 Å². The molecule has 0 spiro atoms. The lowest BCUT2D eigenvalue weighted by molar-refractivity contribution is -0.305. The van der Waals surface area contributed by atoms with Crippen molar-refractivity contribution in [3.63, 3.8) is 0 Å². The fourth-order valence-electron chi connectivity index (χ4n) is 1.37. The minimum absolute atomic E-state index is 0.0415. The lowest BCUT2D eigenvalue weighted by Gasteiger charge is -2.10. The van der Waals surface area contributed by atoms with Gasteiger partial charge in [-0.3, -0.25) is 4.79 Å². The average molecular weight is 252 g/mol. The van der Waals surface area contributed by atoms with E-state index in [9.17, 15) is 19.8 Å². The molecule has 1 amide bonds. The van der Waals surface area contributed by atoms with Crippen molar-refractivity contribution in [2.75, 3.05) is 7.11 Å². The molecule has 0 radical (unpaired) electrons. The molecule has 0 aliphatic rings. The van der Waals surface area contributed by atoms with E-state index in [1.165, 1.54) is 7.11 Å². The number of carboxylic acid groups (broad SMARTS) is 1. The van der Waals surface area contributed by atoms with E-state index in [-0.39, 0.29) is 25.1 Å². The molecule has 0 aliphatic carbocycles. The summed E-state index contributed by atoms with van der Waals surface area (Å²) in [7, 11) is 1.43. The molecule has 6 nitrogen and oxygen atoms in total. The fourth-order valence-corrected chi connectivity index (χ4v) is 1.37. The number of amides is 1. The third-order valence-electron chi connectivity index (χ3n) is 2.33. The molecule has 1 rings (SSSR count). The number of aromatic hydroxyl groups is 1. The Labute approximate surface area is 104 Å². The number of carbonyl (C=O) groups excluding carboxylic acids is 2. The van der Waals surface area contributed by atoms with Crippen LogP contribution in [0.4, 0.5) is 0 Å². The highest BCUT2D eigenvalue weighted by Crippen LogP contribution is 2.28. The largest absolute Gasteiger partial charge is 0.550 e. The summed E-state index contributed by atoms with van der Waals surface area (Å²) in [6, 6.07) is 4.91. The van der Waals surface area contributed by atoms with Crippen LogP contribution in [0, 0.1) is 0 Å². The fraction of sp³-hybridized carbons (Fsp3) is 0.333. The van der Waals surface area contributed by atoms with E-state index in [1.807, 2.05) is 0 Å². The molecule has 1 aromatic rings. The van der Waals surface area contributed by atoms with Crippen molar-refractivity contribution >= 4 is 11.9 Å². The van der Waals surface area contributed by atoms with Gasteiger partial charge in [0.15, 0.2) is 11.5 Å². The highest BCUT2D eigenvalue weighted by molar-refractivity contribution is 5.80. The Morgan fingerprint density at radius 1 is 1.39 bits per heavy atom. The second-order valence-corrected chi connectivity index (χ2v) is 3.62. The van der Waals surface area contributed by atoms with Crippen LogP contribution >= 0.6 is 0 Å². The van der Waals surface area contributed by atoms with Gasteiger partial charge in [0, 0.05) is 24.5 Å². The summed E-state index contributed by atoms with van der Waals surface area (Å²) in [5.41, 5.74) is 0.496. The molecule has 2 N–H and O–H groups in total. The summed E-state index contributed by atoms with van der Waals surface area (Å²) in [5, 5.41) is 22.4. The molecule has 0 saturated carbocycles. The van der Waals surface area contributed by atoms with Gasteiger partial charge in [0.1, 0.15) is 0 Å². The second-order valence-electron chi connectivity index (χ2n) is 3.62. The van der Waals surface area contributed by atoms with E-state index >= 15 is 0 Å². The highest BCUT2D eigenvalue weighted by Gasteiger charge is 2.08. The van der Waals surface area contributed by atoms with Crippen LogP contribution in [-0.4, -0.2) is 24.1 Å². The van der Waals surface area contributed by atoms with Crippen molar-refractivity contribution in [1.29, 1.82) is 0 Å². The molecule has 0 bridgehead atoms. The number of carboxylic acids is 1. The first-order chi connectivity index (χ1) is 8.54. The maximum atomic E-state index is 11.3. The van der Waals surface area contributed by atoms with Crippen molar-refractivity contribution in [2.24, 2.45) is 0 Å². The van der Waals surface area contributed by atoms with Gasteiger partial charge in [-0.2, -0.15) is 0 Å². The Bertz CT molecular complexity index is 444. The third-order valence-corrected chi connectivity index (χ3v) is 2.33. The third kappa shape index (κ3) is 3.97. The Morgan fingerprint density at radius 3 is 2.72 bits per heavy atom. The normalized spacial score (nSPS) is 9.83. The number of methoxy groups -OCH3 is 1. The van der Waals surface area contributed by atoms with Gasteiger partial charge in [0.25, 0.3) is 0 Å². The Hall–Kier alpha value is -2.24. The molecular weight excluding hydrogens is 238 g/mol. The Kier molecular flexibility index (Phi) is 4.98. The first kappa shape index (κ1) is 13.8. The lowest BCUT2D eigenvalue weighted by Crippen LogP contribution is -2.27. The van der Waals surface area contributed by atoms with E-state index in [2.05, 4.69) is 5.32 Å². The monoisotopic (exact) mass is 252 g/mol. The maximum absolute atomic E-state index is 11.3. The van der Waals surface area contributed by atoms with Gasteiger partial charge in [-0.15, -0.1) is 0 Å². The van der Waals surface area contributed by atoms with E-state index < -0.39 is 11.9 Å². The maximum Gasteiger partial charge on any atom is 0.220 e. The smallest absolute Gasteiger partial charge is 0.220 e. The topological polar surface area (TPSA) is 98.7 Å². The average Bonchev–Trinajstić information content (AvgIpc) is 2.35. The molecule has 98 valence electrons. The van der Waals surface area contributed by atoms with Gasteiger partial charge in [0.2, 0.25) is 5.91 Å². The Morgan fingerprint density at radius 2 is 2.11 bits per heavy atom. The number of phenols is 1. The Balaban J connectivity index is 2.53. The van der Waals surface area contributed by atoms with Gasteiger partial charge in [-0.05, 0) is 12.5 Å². The van der Waals surface area contributed by atoms with Crippen molar-refractivity contribution in [1.82, 2.24) is 5.32 Å². The highest BCUT2D eigenvalue weighted by atomic mass is 16.5. The number of ether oxygens (including phenoxy) is 1. The standard InChI is InChI=1S/C12H15NO5/c1-18-9-4-2-3-8(12(9)17)7-13-10(14)5-6-11(15)16/h2-4,17H,5-7H2,1H3,(H,13,14)(H,15,16)/p-1. The number of phenolic OH excluding ortho intramolecular Hbond substituents is 1. The van der Waals surface area contributed by atoms with Crippen LogP contribution in [0.3, 0.4) is 0 Å². The van der Waals surface area contributed by atoms with Gasteiger partial charge >= 0.3 is 0 Å². The number of hydrogen-bond acceptors (Lipinski definition) is 5. The minimum Gasteiger partial charge on any atom is -0.550 e. The van der Waals surface area contributed by atoms with Gasteiger partial charge in [-0.1, -0.05) is 12.1 Å². The summed E-state index contributed by atoms with van der Waals surface area (Å²) < 4.78 is 4.92. The lowest BCUT2D eigenvalue weighted by atomic mass is 10.2. The van der Waals surface area contributed by atoms with Crippen LogP contribution in [0.15, 0.2) is 18.2 Å². The van der Waals surface area contributed by atoms with Crippen LogP contribution in [-0.2, 0) is 16.1 Å². The first-order valence-corrected chi connectivity index (χ1v) is 5.36. The molecule has 0 fully saturated rings. The summed E-state index contributed by atoms with van der Waals surface area (Å²) in [6.07, 6.45) is -0.469. The van der Waals surface area contributed by atoms with Crippen LogP contribution < -0.4 is 15.2 Å². The molecule has 1 aromatic carbocycles. The SMILES string of the molecule is COc1cccc(CNC(=O)CCC(=O)[O-])c1O. The molecule has 0 aromatic heterocycles. The molecule has 0 heterocycles. The summed E-state index contributed by atoms with van der Waals surface area (Å²) in [4.78, 5) is 21.4. The number of aliphatic carboxylic acids is 1. The van der Waals surface area contributed by atoms with E-state index in [1.54, 1.807) is 18.2 Å². The van der Waals surface area contributed by atoms with Crippen LogP contribution in [0.2, 0.25) is 0 Å². The number of hydrogen-bond donors (Lipinski definition) is 2. The zero-order valence-corrected chi connectivity index (χ0v) is 9.93. The van der Waals surface area contributed by atoms with E-state index in [0.29, 0.717) is 11.3 Å². The van der Waals surface area contributed by atoms with Crippen LogP contribution in [0.25, 0.3) is 0 Å². The number of benzene rings is 1. The molecule has 0 saturated heterocycles. The number of carbonyl (C=O) groups is 2. The van der Waals surface area contributed by atoms with Gasteiger partial charge in [0.05, 0.1) is 7.11 Å². The predicted octanol–water partition coefficient (Wildman–Crippen LogP) is -0.453. The van der Waals surface area contributed by atoms with Crippen molar-refractivity contribution in [3.05, 3.63) is 23.8 Å². The number of rotatable bonds is 6. The van der Waals surface area contributed by atoms with Gasteiger partial charge in [-0.25, -0.2) is 0 Å². The van der Waals surface area contributed by atoms with Crippen molar-refractivity contribution < 1.29 is 24.5 Å². The summed E-state index contributed by atoms with van der Waals surface area (Å²) in [6.45, 7) is 0.106. The second kappa shape index (κ2) is 6.48. The molecule has 6 heteroatoms. The van der Waals surface area contributed by atoms with Crippen LogP contribution in [0.1, 0.15) is 18.4 Å². The molecular formula is C12H14NO5-. The summed E-state index contributed by atoms with van der Waals surface area (Å²) >= 11 is 0. The summed E-state index contributed by atoms with van der Waals surface area (Å²) in [5.74, 6) is -1.41. The molecule has 18 heavy (non-hydrogen) atoms. The zero-order valence-electron chi connectivity index (χ0n) is 9.93. The molecule has 0 atom stereocenters. The van der Waals surface area contributed by atoms with Gasteiger partial charge < -0.3 is 25.1 Å². The first-order valence-electron chi connectivity index (χ1n) is 5.36. The molecule has 0 aliphatic heterocycles. The van der Waals surface area contributed by atoms with Crippen molar-refractivity contribution in [2.45, 2.75) is 19.4 Å². The quantitative estimate of drug-likeness (QED) is 0.714. The van der Waals surface area contributed by atoms with E-state index in [4.69, 9.17) is 4.74 Å².